The van der Waals surface area contributed by atoms with Crippen LogP contribution in [-0.4, -0.2) is 18.6 Å². The molecule has 2 aromatic heterocycles. The lowest BCUT2D eigenvalue weighted by Gasteiger charge is -2.03. The highest BCUT2D eigenvalue weighted by atomic mass is 32.2. The van der Waals surface area contributed by atoms with Crippen molar-refractivity contribution in [2.75, 3.05) is 0 Å². The number of hydrogen-bond donors (Lipinski definition) is 1. The number of hydrogen-bond acceptors (Lipinski definition) is 6. The zero-order valence-electron chi connectivity index (χ0n) is 12.4. The summed E-state index contributed by atoms with van der Waals surface area (Å²) in [6.45, 7) is 5.01. The number of fused-ring (bicyclic) bond motifs is 1. The molecule has 0 aliphatic heterocycles. The van der Waals surface area contributed by atoms with E-state index in [1.807, 2.05) is 19.1 Å². The number of para-hydroxylation sites is 1. The van der Waals surface area contributed by atoms with Gasteiger partial charge in [0, 0.05) is 0 Å². The van der Waals surface area contributed by atoms with E-state index in [-0.39, 0.29) is 17.2 Å². The zero-order chi connectivity index (χ0) is 15.9. The zero-order valence-corrected chi connectivity index (χ0v) is 13.2. The van der Waals surface area contributed by atoms with Gasteiger partial charge >= 0.3 is 0 Å². The van der Waals surface area contributed by atoms with Crippen LogP contribution < -0.4 is 4.72 Å². The van der Waals surface area contributed by atoms with E-state index < -0.39 is 10.0 Å². The molecule has 3 rings (SSSR count). The Bertz CT molecular complexity index is 921. The molecule has 0 spiro atoms. The Kier molecular flexibility index (Phi) is 3.50. The first kappa shape index (κ1) is 14.7. The van der Waals surface area contributed by atoms with Crippen LogP contribution in [0.4, 0.5) is 0 Å². The average molecular weight is 321 g/mol. The van der Waals surface area contributed by atoms with E-state index in [1.54, 1.807) is 19.9 Å². The maximum absolute atomic E-state index is 12.3. The summed E-state index contributed by atoms with van der Waals surface area (Å²) >= 11 is 0. The molecule has 8 heteroatoms. The molecular weight excluding hydrogens is 306 g/mol. The molecule has 0 fully saturated rings. The first-order chi connectivity index (χ1) is 10.4. The second-order valence-corrected chi connectivity index (χ2v) is 6.71. The largest absolute Gasteiger partial charge is 0.439 e. The molecule has 1 aromatic carbocycles. The van der Waals surface area contributed by atoms with Crippen LogP contribution in [0.3, 0.4) is 0 Å². The van der Waals surface area contributed by atoms with Crippen LogP contribution in [0.5, 0.6) is 0 Å². The minimum Gasteiger partial charge on any atom is -0.439 e. The Balaban J connectivity index is 1.86. The Morgan fingerprint density at radius 2 is 2.00 bits per heavy atom. The third kappa shape index (κ3) is 2.51. The summed E-state index contributed by atoms with van der Waals surface area (Å²) in [5, 5.41) is 3.65. The Morgan fingerprint density at radius 3 is 2.64 bits per heavy atom. The quantitative estimate of drug-likeness (QED) is 0.791. The molecule has 7 nitrogen and oxygen atoms in total. The molecule has 0 aliphatic carbocycles. The van der Waals surface area contributed by atoms with Crippen LogP contribution in [0.15, 0.2) is 32.0 Å². The predicted molar refractivity (Wildman–Crippen MR) is 78.7 cm³/mol. The molecule has 0 unspecified atom stereocenters. The van der Waals surface area contributed by atoms with Crippen LogP contribution >= 0.6 is 0 Å². The molecular formula is C14H15N3O4S. The Morgan fingerprint density at radius 1 is 1.23 bits per heavy atom. The van der Waals surface area contributed by atoms with Gasteiger partial charge in [-0.25, -0.2) is 18.1 Å². The fraction of sp³-hybridized carbons (Fsp3) is 0.286. The molecule has 116 valence electrons. The number of nitrogens with zero attached hydrogens (tertiary/aromatic N) is 2. The van der Waals surface area contributed by atoms with Crippen LogP contribution in [0.25, 0.3) is 11.1 Å². The number of aromatic nitrogens is 2. The summed E-state index contributed by atoms with van der Waals surface area (Å²) in [6.07, 6.45) is 0. The van der Waals surface area contributed by atoms with Gasteiger partial charge < -0.3 is 8.94 Å². The minimum atomic E-state index is -3.73. The molecule has 0 amide bonds. The predicted octanol–water partition coefficient (Wildman–Crippen LogP) is 2.22. The van der Waals surface area contributed by atoms with E-state index in [0.717, 1.165) is 11.1 Å². The first-order valence-electron chi connectivity index (χ1n) is 6.66. The molecule has 0 bridgehead atoms. The SMILES string of the molecule is Cc1noc(C)c1S(=O)(=O)NCc1nc2c(C)cccc2o1. The number of sulfonamides is 1. The van der Waals surface area contributed by atoms with Crippen molar-refractivity contribution in [3.05, 3.63) is 41.1 Å². The van der Waals surface area contributed by atoms with Gasteiger partial charge in [-0.15, -0.1) is 0 Å². The minimum absolute atomic E-state index is 0.0412. The van der Waals surface area contributed by atoms with E-state index in [2.05, 4.69) is 14.9 Å². The van der Waals surface area contributed by atoms with Crippen molar-refractivity contribution in [2.45, 2.75) is 32.2 Å². The lowest BCUT2D eigenvalue weighted by Crippen LogP contribution is -2.24. The number of nitrogens with one attached hydrogen (secondary N) is 1. The summed E-state index contributed by atoms with van der Waals surface area (Å²) in [6, 6.07) is 5.57. The molecule has 0 radical (unpaired) electrons. The second kappa shape index (κ2) is 5.22. The highest BCUT2D eigenvalue weighted by Crippen LogP contribution is 2.21. The third-order valence-electron chi connectivity index (χ3n) is 3.32. The van der Waals surface area contributed by atoms with Crippen molar-refractivity contribution in [1.29, 1.82) is 0 Å². The first-order valence-corrected chi connectivity index (χ1v) is 8.14. The van der Waals surface area contributed by atoms with Crippen molar-refractivity contribution < 1.29 is 17.4 Å². The summed E-state index contributed by atoms with van der Waals surface area (Å²) < 4.78 is 37.5. The van der Waals surface area contributed by atoms with Gasteiger partial charge in [0.1, 0.15) is 16.1 Å². The summed E-state index contributed by atoms with van der Waals surface area (Å²) in [5.41, 5.74) is 2.65. The molecule has 2 heterocycles. The summed E-state index contributed by atoms with van der Waals surface area (Å²) in [4.78, 5) is 4.36. The highest BCUT2D eigenvalue weighted by Gasteiger charge is 2.24. The van der Waals surface area contributed by atoms with Crippen molar-refractivity contribution in [2.24, 2.45) is 0 Å². The number of oxazole rings is 1. The van der Waals surface area contributed by atoms with Gasteiger partial charge in [-0.1, -0.05) is 17.3 Å². The fourth-order valence-electron chi connectivity index (χ4n) is 2.29. The van der Waals surface area contributed by atoms with E-state index in [9.17, 15) is 8.42 Å². The normalized spacial score (nSPS) is 12.1. The van der Waals surface area contributed by atoms with Gasteiger partial charge in [0.25, 0.3) is 0 Å². The highest BCUT2D eigenvalue weighted by molar-refractivity contribution is 7.89. The lowest BCUT2D eigenvalue weighted by molar-refractivity contribution is 0.390. The number of rotatable bonds is 4. The van der Waals surface area contributed by atoms with Crippen LogP contribution in [0.1, 0.15) is 22.9 Å². The van der Waals surface area contributed by atoms with Gasteiger partial charge in [0.15, 0.2) is 11.3 Å². The maximum Gasteiger partial charge on any atom is 0.246 e. The van der Waals surface area contributed by atoms with Crippen LogP contribution in [-0.2, 0) is 16.6 Å². The average Bonchev–Trinajstić information content (AvgIpc) is 3.01. The molecule has 0 aliphatic rings. The molecule has 3 aromatic rings. The van der Waals surface area contributed by atoms with Crippen molar-refractivity contribution >= 4 is 21.1 Å². The smallest absolute Gasteiger partial charge is 0.246 e. The van der Waals surface area contributed by atoms with Gasteiger partial charge in [-0.05, 0) is 32.4 Å². The molecule has 0 saturated carbocycles. The van der Waals surface area contributed by atoms with Gasteiger partial charge in [-0.3, -0.25) is 0 Å². The van der Waals surface area contributed by atoms with Gasteiger partial charge in [0.2, 0.25) is 15.9 Å². The summed E-state index contributed by atoms with van der Waals surface area (Å²) in [5.74, 6) is 0.554. The van der Waals surface area contributed by atoms with Crippen LogP contribution in [0, 0.1) is 20.8 Å². The van der Waals surface area contributed by atoms with E-state index in [0.29, 0.717) is 17.2 Å². The van der Waals surface area contributed by atoms with Crippen molar-refractivity contribution in [3.8, 4) is 0 Å². The fourth-order valence-corrected chi connectivity index (χ4v) is 3.59. The van der Waals surface area contributed by atoms with Crippen molar-refractivity contribution in [3.63, 3.8) is 0 Å². The third-order valence-corrected chi connectivity index (χ3v) is 4.96. The van der Waals surface area contributed by atoms with E-state index >= 15 is 0 Å². The standard InChI is InChI=1S/C14H15N3O4S/c1-8-5-4-6-11-13(8)16-12(20-11)7-15-22(18,19)14-9(2)17-21-10(14)3/h4-6,15H,7H2,1-3H3. The van der Waals surface area contributed by atoms with Gasteiger partial charge in [-0.2, -0.15) is 0 Å². The molecule has 0 atom stereocenters. The lowest BCUT2D eigenvalue weighted by atomic mass is 10.2. The topological polar surface area (TPSA) is 98.2 Å². The van der Waals surface area contributed by atoms with E-state index in [1.165, 1.54) is 0 Å². The second-order valence-electron chi connectivity index (χ2n) is 5.01. The Labute approximate surface area is 127 Å². The molecule has 1 N–H and O–H groups in total. The van der Waals surface area contributed by atoms with Crippen molar-refractivity contribution in [1.82, 2.24) is 14.9 Å². The molecule has 22 heavy (non-hydrogen) atoms. The number of benzene rings is 1. The Hall–Kier alpha value is -2.19. The summed E-state index contributed by atoms with van der Waals surface area (Å²) in [7, 11) is -3.73. The van der Waals surface area contributed by atoms with Crippen LogP contribution in [0.2, 0.25) is 0 Å². The monoisotopic (exact) mass is 321 g/mol. The van der Waals surface area contributed by atoms with Gasteiger partial charge in [0.05, 0.1) is 6.54 Å². The maximum atomic E-state index is 12.3. The molecule has 0 saturated heterocycles. The number of aryl methyl sites for hydroxylation is 3. The van der Waals surface area contributed by atoms with E-state index in [4.69, 9.17) is 8.94 Å².